The molecule has 0 saturated carbocycles. The normalized spacial score (nSPS) is 19.5. The number of carbonyl (C=O) groups is 2. The van der Waals surface area contributed by atoms with Gasteiger partial charge in [-0.25, -0.2) is 9.18 Å². The standard InChI is InChI=1S/C22H25FN2O5/c1-22(12-11-15-3-7-18(29-2)8-4-15)20(27)25(21(28)24-22)13-17(26)14-30-19-9-5-16(23)6-10-19/h3-10,17,26H,11-14H2,1-2H3,(H,24,28). The number of carbonyl (C=O) groups excluding carboxylic acids is 2. The highest BCUT2D eigenvalue weighted by molar-refractivity contribution is 6.06. The monoisotopic (exact) mass is 416 g/mol. The molecule has 1 heterocycles. The van der Waals surface area contributed by atoms with Gasteiger partial charge in [0.2, 0.25) is 0 Å². The summed E-state index contributed by atoms with van der Waals surface area (Å²) in [5.41, 5.74) is -0.0283. The van der Waals surface area contributed by atoms with Crippen LogP contribution in [-0.4, -0.2) is 53.8 Å². The molecule has 2 atom stereocenters. The fraction of sp³-hybridized carbons (Fsp3) is 0.364. The Kier molecular flexibility index (Phi) is 6.56. The maximum absolute atomic E-state index is 12.9. The number of imide groups is 1. The number of aliphatic hydroxyl groups excluding tert-OH is 1. The van der Waals surface area contributed by atoms with Crippen LogP contribution in [0, 0.1) is 5.82 Å². The van der Waals surface area contributed by atoms with Crippen LogP contribution in [0.5, 0.6) is 11.5 Å². The Morgan fingerprint density at radius 1 is 1.10 bits per heavy atom. The maximum Gasteiger partial charge on any atom is 0.325 e. The van der Waals surface area contributed by atoms with Gasteiger partial charge in [-0.2, -0.15) is 0 Å². The summed E-state index contributed by atoms with van der Waals surface area (Å²) in [6.07, 6.45) is -0.0622. The first-order valence-corrected chi connectivity index (χ1v) is 9.64. The molecule has 160 valence electrons. The Labute approximate surface area is 174 Å². The van der Waals surface area contributed by atoms with Crippen molar-refractivity contribution < 1.29 is 28.6 Å². The van der Waals surface area contributed by atoms with Crippen molar-refractivity contribution in [2.75, 3.05) is 20.3 Å². The van der Waals surface area contributed by atoms with Crippen molar-refractivity contribution in [2.24, 2.45) is 0 Å². The fourth-order valence-electron chi connectivity index (χ4n) is 3.26. The number of hydrogen-bond donors (Lipinski definition) is 2. The summed E-state index contributed by atoms with van der Waals surface area (Å²) in [7, 11) is 1.59. The molecule has 1 aliphatic rings. The second-order valence-electron chi connectivity index (χ2n) is 7.44. The van der Waals surface area contributed by atoms with E-state index in [9.17, 15) is 19.1 Å². The number of aryl methyl sites for hydroxylation is 1. The number of amides is 3. The van der Waals surface area contributed by atoms with Crippen LogP contribution in [-0.2, 0) is 11.2 Å². The summed E-state index contributed by atoms with van der Waals surface area (Å²) in [6.45, 7) is 1.35. The topological polar surface area (TPSA) is 88.1 Å². The number of urea groups is 1. The SMILES string of the molecule is COc1ccc(CCC2(C)NC(=O)N(CC(O)COc3ccc(F)cc3)C2=O)cc1. The van der Waals surface area contributed by atoms with E-state index in [-0.39, 0.29) is 19.1 Å². The molecule has 2 aromatic rings. The molecule has 2 N–H and O–H groups in total. The first-order valence-electron chi connectivity index (χ1n) is 9.64. The highest BCUT2D eigenvalue weighted by Crippen LogP contribution is 2.24. The Morgan fingerprint density at radius 2 is 1.73 bits per heavy atom. The summed E-state index contributed by atoms with van der Waals surface area (Å²) in [6, 6.07) is 12.3. The van der Waals surface area contributed by atoms with Gasteiger partial charge in [0.05, 0.1) is 13.7 Å². The molecule has 2 unspecified atom stereocenters. The molecule has 1 saturated heterocycles. The molecule has 0 radical (unpaired) electrons. The molecule has 8 heteroatoms. The van der Waals surface area contributed by atoms with E-state index in [2.05, 4.69) is 5.32 Å². The van der Waals surface area contributed by atoms with Gasteiger partial charge >= 0.3 is 6.03 Å². The lowest BCUT2D eigenvalue weighted by Gasteiger charge is -2.22. The molecule has 30 heavy (non-hydrogen) atoms. The Morgan fingerprint density at radius 3 is 2.37 bits per heavy atom. The van der Waals surface area contributed by atoms with Crippen LogP contribution in [0.15, 0.2) is 48.5 Å². The molecule has 0 bridgehead atoms. The van der Waals surface area contributed by atoms with Gasteiger partial charge in [0.1, 0.15) is 35.6 Å². The molecule has 0 spiro atoms. The minimum Gasteiger partial charge on any atom is -0.497 e. The molecule has 1 fully saturated rings. The lowest BCUT2D eigenvalue weighted by Crippen LogP contribution is -2.45. The average molecular weight is 416 g/mol. The van der Waals surface area contributed by atoms with E-state index >= 15 is 0 Å². The largest absolute Gasteiger partial charge is 0.497 e. The van der Waals surface area contributed by atoms with Crippen LogP contribution >= 0.6 is 0 Å². The number of nitrogens with one attached hydrogen (secondary N) is 1. The van der Waals surface area contributed by atoms with Crippen LogP contribution in [0.1, 0.15) is 18.9 Å². The second-order valence-corrected chi connectivity index (χ2v) is 7.44. The third-order valence-corrected chi connectivity index (χ3v) is 5.07. The predicted molar refractivity (Wildman–Crippen MR) is 108 cm³/mol. The number of benzene rings is 2. The van der Waals surface area contributed by atoms with Crippen molar-refractivity contribution in [1.29, 1.82) is 0 Å². The Hall–Kier alpha value is -3.13. The smallest absolute Gasteiger partial charge is 0.325 e. The molecule has 7 nitrogen and oxygen atoms in total. The summed E-state index contributed by atoms with van der Waals surface area (Å²) in [5, 5.41) is 12.9. The van der Waals surface area contributed by atoms with Crippen LogP contribution in [0.2, 0.25) is 0 Å². The summed E-state index contributed by atoms with van der Waals surface area (Å²) in [4.78, 5) is 26.2. The van der Waals surface area contributed by atoms with E-state index in [1.165, 1.54) is 24.3 Å². The van der Waals surface area contributed by atoms with Crippen LogP contribution in [0.4, 0.5) is 9.18 Å². The number of β-amino-alcohol motifs (C(OH)–C–C–N with tert-alkyl or cyclic N) is 1. The van der Waals surface area contributed by atoms with Gasteiger partial charge in [0, 0.05) is 0 Å². The molecule has 2 aromatic carbocycles. The van der Waals surface area contributed by atoms with E-state index in [1.807, 2.05) is 24.3 Å². The zero-order valence-corrected chi connectivity index (χ0v) is 16.9. The predicted octanol–water partition coefficient (Wildman–Crippen LogP) is 2.52. The molecule has 0 aromatic heterocycles. The number of hydrogen-bond acceptors (Lipinski definition) is 5. The third-order valence-electron chi connectivity index (χ3n) is 5.07. The van der Waals surface area contributed by atoms with Gasteiger partial charge < -0.3 is 19.9 Å². The molecular weight excluding hydrogens is 391 g/mol. The maximum atomic E-state index is 12.9. The quantitative estimate of drug-likeness (QED) is 0.614. The van der Waals surface area contributed by atoms with Crippen molar-refractivity contribution in [1.82, 2.24) is 10.2 Å². The van der Waals surface area contributed by atoms with E-state index in [0.29, 0.717) is 18.6 Å². The third kappa shape index (κ3) is 5.07. The van der Waals surface area contributed by atoms with Crippen LogP contribution in [0.3, 0.4) is 0 Å². The van der Waals surface area contributed by atoms with Gasteiger partial charge in [-0.15, -0.1) is 0 Å². The zero-order valence-electron chi connectivity index (χ0n) is 16.9. The highest BCUT2D eigenvalue weighted by Gasteiger charge is 2.47. The van der Waals surface area contributed by atoms with E-state index < -0.39 is 23.5 Å². The van der Waals surface area contributed by atoms with Gasteiger partial charge in [-0.05, 0) is 61.7 Å². The van der Waals surface area contributed by atoms with E-state index in [4.69, 9.17) is 9.47 Å². The highest BCUT2D eigenvalue weighted by atomic mass is 19.1. The van der Waals surface area contributed by atoms with Crippen molar-refractivity contribution in [3.8, 4) is 11.5 Å². The first kappa shape index (κ1) is 21.6. The van der Waals surface area contributed by atoms with Crippen molar-refractivity contribution in [3.05, 3.63) is 59.9 Å². The molecule has 3 amide bonds. The number of aliphatic hydroxyl groups is 1. The van der Waals surface area contributed by atoms with Crippen LogP contribution in [0.25, 0.3) is 0 Å². The van der Waals surface area contributed by atoms with Gasteiger partial charge in [-0.1, -0.05) is 12.1 Å². The molecular formula is C22H25FN2O5. The second kappa shape index (κ2) is 9.13. The van der Waals surface area contributed by atoms with Crippen LogP contribution < -0.4 is 14.8 Å². The average Bonchev–Trinajstić information content (AvgIpc) is 2.95. The van der Waals surface area contributed by atoms with E-state index in [0.717, 1.165) is 16.2 Å². The van der Waals surface area contributed by atoms with Gasteiger partial charge in [-0.3, -0.25) is 9.69 Å². The molecule has 1 aliphatic heterocycles. The molecule has 0 aliphatic carbocycles. The van der Waals surface area contributed by atoms with Crippen molar-refractivity contribution >= 4 is 11.9 Å². The first-order chi connectivity index (χ1) is 14.3. The summed E-state index contributed by atoms with van der Waals surface area (Å²) < 4.78 is 23.4. The summed E-state index contributed by atoms with van der Waals surface area (Å²) in [5.74, 6) is 0.355. The number of nitrogens with zero attached hydrogens (tertiary/aromatic N) is 1. The van der Waals surface area contributed by atoms with E-state index in [1.54, 1.807) is 14.0 Å². The zero-order chi connectivity index (χ0) is 21.7. The summed E-state index contributed by atoms with van der Waals surface area (Å²) >= 11 is 0. The lowest BCUT2D eigenvalue weighted by molar-refractivity contribution is -0.132. The Balaban J connectivity index is 1.54. The minimum atomic E-state index is -1.08. The number of rotatable bonds is 9. The van der Waals surface area contributed by atoms with Gasteiger partial charge in [0.15, 0.2) is 0 Å². The van der Waals surface area contributed by atoms with Gasteiger partial charge in [0.25, 0.3) is 5.91 Å². The fourth-order valence-corrected chi connectivity index (χ4v) is 3.26. The van der Waals surface area contributed by atoms with Crippen molar-refractivity contribution in [2.45, 2.75) is 31.4 Å². The lowest BCUT2D eigenvalue weighted by atomic mass is 9.93. The minimum absolute atomic E-state index is 0.134. The number of ether oxygens (including phenoxy) is 2. The Bertz CT molecular complexity index is 887. The number of methoxy groups -OCH3 is 1. The molecule has 3 rings (SSSR count). The van der Waals surface area contributed by atoms with Crippen molar-refractivity contribution in [3.63, 3.8) is 0 Å². The number of halogens is 1.